The van der Waals surface area contributed by atoms with Crippen LogP contribution in [0.25, 0.3) is 22.3 Å². The number of aliphatic hydroxyl groups excluding tert-OH is 4. The minimum absolute atomic E-state index is 0.0803. The molecule has 2 heterocycles. The van der Waals surface area contributed by atoms with Gasteiger partial charge in [0.05, 0.1) is 13.7 Å². The van der Waals surface area contributed by atoms with Gasteiger partial charge in [-0.3, -0.25) is 4.79 Å². The number of ether oxygens (including phenoxy) is 3. The first kappa shape index (κ1) is 23.6. The van der Waals surface area contributed by atoms with E-state index < -0.39 is 71.1 Å². The third-order valence-electron chi connectivity index (χ3n) is 5.47. The van der Waals surface area contributed by atoms with Crippen LogP contribution in [0.4, 0.5) is 0 Å². The Kier molecular flexibility index (Phi) is 6.25. The Morgan fingerprint density at radius 3 is 2.26 bits per heavy atom. The Balaban J connectivity index is 1.93. The van der Waals surface area contributed by atoms with Crippen molar-refractivity contribution in [2.24, 2.45) is 0 Å². The van der Waals surface area contributed by atoms with Gasteiger partial charge in [0, 0.05) is 11.6 Å². The molecule has 0 saturated carbocycles. The van der Waals surface area contributed by atoms with Gasteiger partial charge in [-0.05, 0) is 24.3 Å². The normalized spacial score (nSPS) is 24.8. The molecule has 0 amide bonds. The molecular formula is C22H22O12. The van der Waals surface area contributed by atoms with E-state index in [4.69, 9.17) is 18.6 Å². The molecule has 0 aliphatic carbocycles. The summed E-state index contributed by atoms with van der Waals surface area (Å²) in [4.78, 5) is 13.4. The van der Waals surface area contributed by atoms with Crippen molar-refractivity contribution in [2.75, 3.05) is 13.7 Å². The molecule has 2 aromatic carbocycles. The lowest BCUT2D eigenvalue weighted by atomic mass is 9.99. The molecule has 34 heavy (non-hydrogen) atoms. The highest BCUT2D eigenvalue weighted by Crippen LogP contribution is 2.43. The molecule has 3 aromatic rings. The maximum Gasteiger partial charge on any atom is 0.239 e. The summed E-state index contributed by atoms with van der Waals surface area (Å²) in [6, 6.07) is 6.45. The fourth-order valence-corrected chi connectivity index (χ4v) is 3.68. The molecule has 0 radical (unpaired) electrons. The maximum atomic E-state index is 13.4. The average Bonchev–Trinajstić information content (AvgIpc) is 2.81. The van der Waals surface area contributed by atoms with Crippen molar-refractivity contribution >= 4 is 11.0 Å². The summed E-state index contributed by atoms with van der Waals surface area (Å²) >= 11 is 0. The quantitative estimate of drug-likeness (QED) is 0.254. The van der Waals surface area contributed by atoms with Gasteiger partial charge in [0.1, 0.15) is 41.1 Å². The zero-order valence-electron chi connectivity index (χ0n) is 17.7. The predicted molar refractivity (Wildman–Crippen MR) is 114 cm³/mol. The van der Waals surface area contributed by atoms with E-state index in [1.54, 1.807) is 0 Å². The van der Waals surface area contributed by atoms with Gasteiger partial charge in [-0.2, -0.15) is 0 Å². The van der Waals surface area contributed by atoms with E-state index in [2.05, 4.69) is 0 Å². The molecule has 1 saturated heterocycles. The van der Waals surface area contributed by atoms with Crippen LogP contribution in [0.1, 0.15) is 0 Å². The van der Waals surface area contributed by atoms with E-state index in [0.717, 1.165) is 6.07 Å². The highest BCUT2D eigenvalue weighted by atomic mass is 16.7. The molecule has 5 atom stereocenters. The van der Waals surface area contributed by atoms with Gasteiger partial charge in [-0.15, -0.1) is 0 Å². The average molecular weight is 478 g/mol. The third kappa shape index (κ3) is 3.87. The summed E-state index contributed by atoms with van der Waals surface area (Å²) in [5.41, 5.74) is -0.951. The summed E-state index contributed by atoms with van der Waals surface area (Å²) in [5.74, 6) is -2.50. The number of aromatic hydroxyl groups is 3. The zero-order chi connectivity index (χ0) is 24.7. The number of benzene rings is 2. The van der Waals surface area contributed by atoms with Crippen LogP contribution in [0.5, 0.6) is 28.7 Å². The fourth-order valence-electron chi connectivity index (χ4n) is 3.68. The van der Waals surface area contributed by atoms with Crippen molar-refractivity contribution in [1.82, 2.24) is 0 Å². The molecule has 0 unspecified atom stereocenters. The molecule has 7 N–H and O–H groups in total. The van der Waals surface area contributed by atoms with Crippen molar-refractivity contribution in [2.45, 2.75) is 30.7 Å². The van der Waals surface area contributed by atoms with Gasteiger partial charge in [0.15, 0.2) is 17.3 Å². The van der Waals surface area contributed by atoms with E-state index in [9.17, 15) is 40.5 Å². The second-order valence-electron chi connectivity index (χ2n) is 7.60. The Morgan fingerprint density at radius 2 is 1.65 bits per heavy atom. The number of rotatable bonds is 5. The minimum Gasteiger partial charge on any atom is -0.508 e. The number of aliphatic hydroxyl groups is 4. The molecule has 1 aliphatic heterocycles. The molecule has 0 spiro atoms. The molecule has 1 fully saturated rings. The number of hydrogen-bond donors (Lipinski definition) is 7. The Hall–Kier alpha value is -3.55. The van der Waals surface area contributed by atoms with Crippen LogP contribution < -0.4 is 14.9 Å². The first-order chi connectivity index (χ1) is 16.2. The van der Waals surface area contributed by atoms with Crippen LogP contribution in [0.15, 0.2) is 39.5 Å². The van der Waals surface area contributed by atoms with Crippen LogP contribution >= 0.6 is 0 Å². The van der Waals surface area contributed by atoms with Gasteiger partial charge in [0.2, 0.25) is 23.2 Å². The van der Waals surface area contributed by atoms with Gasteiger partial charge in [-0.1, -0.05) is 0 Å². The van der Waals surface area contributed by atoms with Crippen LogP contribution in [0.3, 0.4) is 0 Å². The first-order valence-corrected chi connectivity index (χ1v) is 10.0. The molecular weight excluding hydrogens is 456 g/mol. The predicted octanol–water partition coefficient (Wildman–Crippen LogP) is -0.236. The number of phenolic OH excluding ortho intramolecular Hbond substituents is 3. The zero-order valence-corrected chi connectivity index (χ0v) is 17.7. The second-order valence-corrected chi connectivity index (χ2v) is 7.60. The molecule has 1 aromatic heterocycles. The summed E-state index contributed by atoms with van der Waals surface area (Å²) in [6.07, 6.45) is -8.29. The highest BCUT2D eigenvalue weighted by Gasteiger charge is 2.45. The molecule has 0 bridgehead atoms. The van der Waals surface area contributed by atoms with Crippen LogP contribution in [0.2, 0.25) is 0 Å². The lowest BCUT2D eigenvalue weighted by molar-refractivity contribution is -0.277. The Labute approximate surface area is 191 Å². The van der Waals surface area contributed by atoms with Crippen molar-refractivity contribution in [3.05, 3.63) is 40.6 Å². The van der Waals surface area contributed by atoms with E-state index >= 15 is 0 Å². The van der Waals surface area contributed by atoms with Crippen molar-refractivity contribution in [3.8, 4) is 40.1 Å². The number of hydrogen-bond acceptors (Lipinski definition) is 12. The number of fused-ring (bicyclic) bond motifs is 1. The molecule has 12 nitrogen and oxygen atoms in total. The Bertz CT molecular complexity index is 1250. The first-order valence-electron chi connectivity index (χ1n) is 10.0. The topological polar surface area (TPSA) is 200 Å². The fraction of sp³-hybridized carbons (Fsp3) is 0.318. The molecule has 4 rings (SSSR count). The van der Waals surface area contributed by atoms with E-state index in [1.165, 1.54) is 31.4 Å². The third-order valence-corrected chi connectivity index (χ3v) is 5.47. The molecule has 12 heteroatoms. The number of methoxy groups -OCH3 is 1. The van der Waals surface area contributed by atoms with Crippen molar-refractivity contribution in [3.63, 3.8) is 0 Å². The van der Waals surface area contributed by atoms with Crippen LogP contribution in [-0.4, -0.2) is 80.2 Å². The van der Waals surface area contributed by atoms with Crippen LogP contribution in [-0.2, 0) is 4.74 Å². The summed E-state index contributed by atoms with van der Waals surface area (Å²) in [6.45, 7) is -0.723. The summed E-state index contributed by atoms with van der Waals surface area (Å²) < 4.78 is 21.6. The minimum atomic E-state index is -1.83. The van der Waals surface area contributed by atoms with Crippen molar-refractivity contribution in [1.29, 1.82) is 0 Å². The SMILES string of the molecule is COc1c(O)cc2oc(-c3ccc(O)cc3)c(O[C@@H]3O[C@H](CO)[C@H](O)[C@H](O)[C@H]3O)c(=O)c2c1O. The van der Waals surface area contributed by atoms with E-state index in [0.29, 0.717) is 0 Å². The van der Waals surface area contributed by atoms with Crippen LogP contribution in [0, 0.1) is 0 Å². The van der Waals surface area contributed by atoms with E-state index in [-0.39, 0.29) is 22.7 Å². The lowest BCUT2D eigenvalue weighted by Crippen LogP contribution is -2.60. The summed E-state index contributed by atoms with van der Waals surface area (Å²) in [7, 11) is 1.17. The number of phenols is 3. The lowest BCUT2D eigenvalue weighted by Gasteiger charge is -2.39. The molecule has 182 valence electrons. The monoisotopic (exact) mass is 478 g/mol. The second kappa shape index (κ2) is 9.00. The summed E-state index contributed by atoms with van der Waals surface area (Å²) in [5, 5.41) is 69.6. The smallest absolute Gasteiger partial charge is 0.239 e. The van der Waals surface area contributed by atoms with Crippen molar-refractivity contribution < 1.29 is 54.4 Å². The van der Waals surface area contributed by atoms with Gasteiger partial charge >= 0.3 is 0 Å². The van der Waals surface area contributed by atoms with Gasteiger partial charge in [-0.25, -0.2) is 0 Å². The highest BCUT2D eigenvalue weighted by molar-refractivity contribution is 5.91. The Morgan fingerprint density at radius 1 is 0.971 bits per heavy atom. The maximum absolute atomic E-state index is 13.4. The largest absolute Gasteiger partial charge is 0.508 e. The standard InChI is InChI=1S/C22H22O12/c1-31-20-10(25)6-11-13(15(20)27)16(28)21(19(32-11)8-2-4-9(24)5-3-8)34-22-18(30)17(29)14(26)12(7-23)33-22/h2-6,12,14,17-18,22-27,29-30H,7H2,1H3/t12-,14+,17+,18-,22+/m1/s1. The van der Waals surface area contributed by atoms with Gasteiger partial charge < -0.3 is 54.4 Å². The molecule has 1 aliphatic rings. The van der Waals surface area contributed by atoms with E-state index in [1.807, 2.05) is 0 Å². The van der Waals surface area contributed by atoms with Gasteiger partial charge in [0.25, 0.3) is 0 Å².